The van der Waals surface area contributed by atoms with Crippen molar-refractivity contribution in [1.82, 2.24) is 24.2 Å². The topological polar surface area (TPSA) is 149 Å². The summed E-state index contributed by atoms with van der Waals surface area (Å²) in [5.74, 6) is -8.27. The summed E-state index contributed by atoms with van der Waals surface area (Å²) >= 11 is 0. The van der Waals surface area contributed by atoms with E-state index in [1.165, 1.54) is 22.2 Å². The number of alkyl halides is 9. The Morgan fingerprint density at radius 2 is 1.24 bits per heavy atom. The number of carboxylic acid groups (broad SMARTS) is 3. The average molecular weight is 726 g/mol. The predicted octanol–water partition coefficient (Wildman–Crippen LogP) is 5.78. The van der Waals surface area contributed by atoms with Gasteiger partial charge in [0.1, 0.15) is 0 Å². The Kier molecular flexibility index (Phi) is 14.3. The molecule has 1 unspecified atom stereocenters. The Hall–Kier alpha value is -5.24. The molecule has 1 aliphatic rings. The predicted molar refractivity (Wildman–Crippen MR) is 157 cm³/mol. The van der Waals surface area contributed by atoms with Crippen molar-refractivity contribution < 1.29 is 69.2 Å². The van der Waals surface area contributed by atoms with E-state index in [-0.39, 0.29) is 6.04 Å². The molecule has 11 nitrogen and oxygen atoms in total. The number of likely N-dealkylation sites (N-methyl/N-ethyl adjacent to an activating group) is 1. The van der Waals surface area contributed by atoms with Gasteiger partial charge in [0.2, 0.25) is 0 Å². The Morgan fingerprint density at radius 1 is 0.740 bits per heavy atom. The monoisotopic (exact) mass is 725 g/mol. The van der Waals surface area contributed by atoms with Crippen molar-refractivity contribution in [2.45, 2.75) is 31.1 Å². The fraction of sp³-hybridized carbons (Fsp3) is 0.300. The molecular formula is C30H28F9N5O6. The van der Waals surface area contributed by atoms with Crippen molar-refractivity contribution in [2.75, 3.05) is 26.7 Å². The molecule has 0 radical (unpaired) electrons. The van der Waals surface area contributed by atoms with Crippen molar-refractivity contribution in [3.8, 4) is 11.1 Å². The molecule has 3 N–H and O–H groups in total. The van der Waals surface area contributed by atoms with Crippen LogP contribution >= 0.6 is 0 Å². The van der Waals surface area contributed by atoms with E-state index in [1.807, 2.05) is 24.8 Å². The van der Waals surface area contributed by atoms with Crippen LogP contribution in [-0.4, -0.2) is 103 Å². The van der Waals surface area contributed by atoms with E-state index >= 15 is 0 Å². The third-order valence-electron chi connectivity index (χ3n) is 6.60. The molecule has 4 aromatic rings. The number of piperazine rings is 1. The van der Waals surface area contributed by atoms with Crippen LogP contribution in [-0.2, 0) is 20.9 Å². The first-order chi connectivity index (χ1) is 23.1. The smallest absolute Gasteiger partial charge is 0.475 e. The third kappa shape index (κ3) is 13.0. The number of fused-ring (bicyclic) bond motifs is 1. The highest BCUT2D eigenvalue weighted by Gasteiger charge is 2.39. The molecule has 1 atom stereocenters. The lowest BCUT2D eigenvalue weighted by Crippen LogP contribution is -2.46. The van der Waals surface area contributed by atoms with Gasteiger partial charge in [0, 0.05) is 44.8 Å². The van der Waals surface area contributed by atoms with Crippen molar-refractivity contribution >= 4 is 23.4 Å². The molecule has 0 amide bonds. The maximum atomic E-state index is 10.6. The van der Waals surface area contributed by atoms with Crippen molar-refractivity contribution in [1.29, 1.82) is 0 Å². The molecule has 0 spiro atoms. The SMILES string of the molecule is CN1CCN(Cc2ccncc2)CC1c1ncn2cc(-c3ccccc3)ccc12.O=C(O)C(F)(F)F.O=C(O)C(F)(F)F.O=C(O)C(F)(F)F. The van der Waals surface area contributed by atoms with Crippen LogP contribution in [0.1, 0.15) is 17.3 Å². The number of carboxylic acids is 3. The summed E-state index contributed by atoms with van der Waals surface area (Å²) in [4.78, 5) is 40.6. The number of hydrogen-bond acceptors (Lipinski definition) is 7. The molecule has 5 rings (SSSR count). The minimum absolute atomic E-state index is 0.290. The first-order valence-corrected chi connectivity index (χ1v) is 13.8. The second-order valence-corrected chi connectivity index (χ2v) is 10.2. The van der Waals surface area contributed by atoms with Gasteiger partial charge in [-0.25, -0.2) is 19.4 Å². The van der Waals surface area contributed by atoms with Crippen LogP contribution in [0, 0.1) is 0 Å². The van der Waals surface area contributed by atoms with Crippen LogP contribution in [0.15, 0.2) is 79.5 Å². The quantitative estimate of drug-likeness (QED) is 0.221. The maximum Gasteiger partial charge on any atom is 0.490 e. The molecule has 0 aliphatic carbocycles. The Bertz CT molecular complexity index is 1640. The number of benzene rings is 1. The summed E-state index contributed by atoms with van der Waals surface area (Å²) in [5, 5.41) is 21.4. The lowest BCUT2D eigenvalue weighted by atomic mass is 10.1. The minimum Gasteiger partial charge on any atom is -0.475 e. The van der Waals surface area contributed by atoms with Crippen LogP contribution in [0.25, 0.3) is 16.6 Å². The Labute approximate surface area is 276 Å². The number of nitrogens with zero attached hydrogens (tertiary/aromatic N) is 5. The lowest BCUT2D eigenvalue weighted by Gasteiger charge is -2.39. The first kappa shape index (κ1) is 40.9. The summed E-state index contributed by atoms with van der Waals surface area (Å²) in [6, 6.07) is 19.4. The molecule has 50 heavy (non-hydrogen) atoms. The van der Waals surface area contributed by atoms with Gasteiger partial charge in [-0.3, -0.25) is 14.8 Å². The zero-order chi connectivity index (χ0) is 37.9. The van der Waals surface area contributed by atoms with E-state index in [4.69, 9.17) is 34.7 Å². The van der Waals surface area contributed by atoms with Crippen molar-refractivity contribution in [3.05, 3.63) is 90.8 Å². The third-order valence-corrected chi connectivity index (χ3v) is 6.60. The number of aromatic nitrogens is 3. The van der Waals surface area contributed by atoms with E-state index in [0.717, 1.165) is 31.9 Å². The molecular weight excluding hydrogens is 697 g/mol. The Balaban J connectivity index is 0.000000338. The van der Waals surface area contributed by atoms with Crippen molar-refractivity contribution in [2.24, 2.45) is 0 Å². The molecule has 1 aliphatic heterocycles. The second kappa shape index (κ2) is 17.4. The van der Waals surface area contributed by atoms with E-state index in [9.17, 15) is 39.5 Å². The molecule has 272 valence electrons. The average Bonchev–Trinajstić information content (AvgIpc) is 3.46. The fourth-order valence-corrected chi connectivity index (χ4v) is 4.19. The van der Waals surface area contributed by atoms with Crippen LogP contribution in [0.5, 0.6) is 0 Å². The van der Waals surface area contributed by atoms with E-state index in [0.29, 0.717) is 0 Å². The first-order valence-electron chi connectivity index (χ1n) is 13.8. The molecule has 4 heterocycles. The van der Waals surface area contributed by atoms with Crippen LogP contribution in [0.4, 0.5) is 39.5 Å². The summed E-state index contributed by atoms with van der Waals surface area (Å²) in [7, 11) is 2.21. The van der Waals surface area contributed by atoms with Gasteiger partial charge in [0.15, 0.2) is 0 Å². The van der Waals surface area contributed by atoms with Crippen LogP contribution < -0.4 is 0 Å². The molecule has 20 heteroatoms. The van der Waals surface area contributed by atoms with Gasteiger partial charge in [-0.15, -0.1) is 0 Å². The van der Waals surface area contributed by atoms with Gasteiger partial charge >= 0.3 is 36.4 Å². The largest absolute Gasteiger partial charge is 0.490 e. The number of rotatable bonds is 4. The zero-order valence-electron chi connectivity index (χ0n) is 25.6. The summed E-state index contributed by atoms with van der Waals surface area (Å²) < 4.78 is 97.4. The Morgan fingerprint density at radius 3 is 1.72 bits per heavy atom. The van der Waals surface area contributed by atoms with Gasteiger partial charge in [0.25, 0.3) is 0 Å². The van der Waals surface area contributed by atoms with Crippen LogP contribution in [0.3, 0.4) is 0 Å². The van der Waals surface area contributed by atoms with E-state index in [2.05, 4.69) is 81.0 Å². The molecule has 1 saturated heterocycles. The highest BCUT2D eigenvalue weighted by Crippen LogP contribution is 2.29. The lowest BCUT2D eigenvalue weighted by molar-refractivity contribution is -0.193. The van der Waals surface area contributed by atoms with Crippen molar-refractivity contribution in [3.63, 3.8) is 0 Å². The fourth-order valence-electron chi connectivity index (χ4n) is 4.19. The summed E-state index contributed by atoms with van der Waals surface area (Å²) in [5.41, 5.74) is 6.09. The van der Waals surface area contributed by atoms with Gasteiger partial charge < -0.3 is 19.7 Å². The van der Waals surface area contributed by atoms with E-state index in [1.54, 1.807) is 0 Å². The van der Waals surface area contributed by atoms with Gasteiger partial charge in [-0.05, 0) is 41.9 Å². The van der Waals surface area contributed by atoms with Gasteiger partial charge in [-0.1, -0.05) is 36.4 Å². The number of carbonyl (C=O) groups is 3. The minimum atomic E-state index is -5.08. The molecule has 3 aromatic heterocycles. The number of aliphatic carboxylic acids is 3. The maximum absolute atomic E-state index is 10.6. The van der Waals surface area contributed by atoms with Gasteiger partial charge in [0.05, 0.1) is 23.6 Å². The molecule has 1 fully saturated rings. The second-order valence-electron chi connectivity index (χ2n) is 10.2. The molecule has 0 bridgehead atoms. The van der Waals surface area contributed by atoms with E-state index < -0.39 is 36.4 Å². The highest BCUT2D eigenvalue weighted by atomic mass is 19.4. The zero-order valence-corrected chi connectivity index (χ0v) is 25.6. The number of imidazole rings is 1. The summed E-state index contributed by atoms with van der Waals surface area (Å²) in [6.07, 6.45) is -7.38. The highest BCUT2D eigenvalue weighted by molar-refractivity contribution is 5.73. The molecule has 0 saturated carbocycles. The standard InChI is InChI=1S/C24H25N5.3C2HF3O2/c1-27-13-14-28(15-19-9-11-25-12-10-19)17-23(27)24-22-8-7-21(16-29(22)18-26-24)20-5-3-2-4-6-20;3*3-2(4,5)1(6)7/h2-12,16,18,23H,13-15,17H2,1H3;3*(H,6,7). The molecule has 1 aromatic carbocycles. The normalized spacial score (nSPS) is 15.4. The number of halogens is 9. The summed E-state index contributed by atoms with van der Waals surface area (Å²) in [6.45, 7) is 4.04. The van der Waals surface area contributed by atoms with Crippen LogP contribution in [0.2, 0.25) is 0 Å². The van der Waals surface area contributed by atoms with Gasteiger partial charge in [-0.2, -0.15) is 39.5 Å². The number of hydrogen-bond donors (Lipinski definition) is 3. The number of pyridine rings is 2.